The monoisotopic (exact) mass is 363 g/mol. The zero-order chi connectivity index (χ0) is 18.0. The lowest BCUT2D eigenvalue weighted by Gasteiger charge is -2.24. The van der Waals surface area contributed by atoms with Crippen molar-refractivity contribution in [3.8, 4) is 5.75 Å². The average molecular weight is 363 g/mol. The Bertz CT molecular complexity index is 821. The van der Waals surface area contributed by atoms with Gasteiger partial charge in [0.1, 0.15) is 17.1 Å². The number of nitrogens with zero attached hydrogens (tertiary/aromatic N) is 2. The molecule has 25 heavy (non-hydrogen) atoms. The number of aromatic nitrogens is 2. The molecule has 0 aliphatic carbocycles. The van der Waals surface area contributed by atoms with Crippen molar-refractivity contribution in [2.45, 2.75) is 25.7 Å². The summed E-state index contributed by atoms with van der Waals surface area (Å²) in [6.07, 6.45) is 5.22. The zero-order valence-electron chi connectivity index (χ0n) is 13.9. The van der Waals surface area contributed by atoms with Gasteiger partial charge in [-0.25, -0.2) is 13.9 Å². The minimum absolute atomic E-state index is 0.0433. The van der Waals surface area contributed by atoms with E-state index in [-0.39, 0.29) is 32.1 Å². The molecule has 2 aromatic rings. The molecular formula is C17H19FN3O3P. The number of esters is 1. The van der Waals surface area contributed by atoms with Crippen LogP contribution in [-0.2, 0) is 4.74 Å². The molecule has 0 bridgehead atoms. The van der Waals surface area contributed by atoms with E-state index in [4.69, 9.17) is 4.74 Å². The molecule has 0 saturated carbocycles. The molecule has 8 heteroatoms. The van der Waals surface area contributed by atoms with Crippen LogP contribution in [0.1, 0.15) is 35.8 Å². The van der Waals surface area contributed by atoms with Crippen molar-refractivity contribution in [3.05, 3.63) is 47.4 Å². The van der Waals surface area contributed by atoms with Crippen LogP contribution in [0, 0.1) is 5.82 Å². The standard InChI is InChI=1S/C17H19FN3O3P/c1-3-24-17(23)13-9-19-21-7-6-15(25-16(13)21)20-10(2)12-8-11(18)4-5-14(12)22/h4-10,15,20,22,25H,3H2,1-2H3. The van der Waals surface area contributed by atoms with Crippen LogP contribution in [0.3, 0.4) is 0 Å². The normalized spacial score (nSPS) is 18.1. The van der Waals surface area contributed by atoms with E-state index < -0.39 is 5.82 Å². The lowest BCUT2D eigenvalue weighted by molar-refractivity contribution is 0.0528. The highest BCUT2D eigenvalue weighted by Crippen LogP contribution is 2.30. The quantitative estimate of drug-likeness (QED) is 0.630. The Labute approximate surface area is 146 Å². The number of hydrogen-bond donors (Lipinski definition) is 2. The molecule has 3 atom stereocenters. The van der Waals surface area contributed by atoms with Gasteiger partial charge in [-0.1, -0.05) is 0 Å². The van der Waals surface area contributed by atoms with Gasteiger partial charge in [0, 0.05) is 17.8 Å². The Hall–Kier alpha value is -2.24. The van der Waals surface area contributed by atoms with E-state index in [2.05, 4.69) is 10.4 Å². The van der Waals surface area contributed by atoms with Crippen LogP contribution in [0.5, 0.6) is 5.75 Å². The van der Waals surface area contributed by atoms with Crippen molar-refractivity contribution in [1.82, 2.24) is 15.1 Å². The lowest BCUT2D eigenvalue weighted by Crippen LogP contribution is -2.32. The number of carbonyl (C=O) groups is 1. The molecule has 132 valence electrons. The second kappa shape index (κ2) is 7.33. The highest BCUT2D eigenvalue weighted by molar-refractivity contribution is 7.48. The summed E-state index contributed by atoms with van der Waals surface area (Å²) < 4.78 is 20.2. The lowest BCUT2D eigenvalue weighted by atomic mass is 10.1. The summed E-state index contributed by atoms with van der Waals surface area (Å²) in [5.41, 5.74) is 1.73. The molecule has 3 rings (SSSR count). The van der Waals surface area contributed by atoms with Gasteiger partial charge >= 0.3 is 5.97 Å². The van der Waals surface area contributed by atoms with Gasteiger partial charge in [0.25, 0.3) is 0 Å². The number of nitrogens with one attached hydrogen (secondary N) is 1. The number of carbonyl (C=O) groups excluding carboxylic acids is 1. The highest BCUT2D eigenvalue weighted by atomic mass is 31.1. The maximum atomic E-state index is 13.4. The summed E-state index contributed by atoms with van der Waals surface area (Å²) >= 11 is 0. The molecule has 3 unspecified atom stereocenters. The largest absolute Gasteiger partial charge is 0.508 e. The van der Waals surface area contributed by atoms with Crippen molar-refractivity contribution in [3.63, 3.8) is 0 Å². The Morgan fingerprint density at radius 3 is 3.12 bits per heavy atom. The first-order chi connectivity index (χ1) is 12.0. The third-order valence-corrected chi connectivity index (χ3v) is 5.33. The van der Waals surface area contributed by atoms with Gasteiger partial charge in [-0.05, 0) is 46.7 Å². The predicted molar refractivity (Wildman–Crippen MR) is 94.9 cm³/mol. The number of aromatic hydroxyl groups is 1. The summed E-state index contributed by atoms with van der Waals surface area (Å²) in [7, 11) is 0.242. The molecule has 1 aliphatic rings. The number of benzene rings is 1. The van der Waals surface area contributed by atoms with Crippen molar-refractivity contribution in [2.24, 2.45) is 0 Å². The summed E-state index contributed by atoms with van der Waals surface area (Å²) in [6, 6.07) is 3.61. The first-order valence-corrected chi connectivity index (χ1v) is 9.01. The van der Waals surface area contributed by atoms with E-state index in [1.165, 1.54) is 24.4 Å². The fourth-order valence-corrected chi connectivity index (χ4v) is 4.07. The summed E-state index contributed by atoms with van der Waals surface area (Å²) in [6.45, 7) is 3.92. The number of phenols is 1. The van der Waals surface area contributed by atoms with Crippen LogP contribution in [0.2, 0.25) is 0 Å². The second-order valence-corrected chi connectivity index (χ2v) is 7.01. The van der Waals surface area contributed by atoms with Crippen LogP contribution in [0.15, 0.2) is 30.5 Å². The first-order valence-electron chi connectivity index (χ1n) is 7.93. The summed E-state index contributed by atoms with van der Waals surface area (Å²) in [4.78, 5) is 12.0. The smallest absolute Gasteiger partial charge is 0.342 e. The SMILES string of the molecule is CCOC(=O)c1cnn2c1PC(NC(C)c1cc(F)ccc1O)C=C2. The Kier molecular flexibility index (Phi) is 5.16. The number of rotatable bonds is 5. The number of hydrogen-bond acceptors (Lipinski definition) is 5. The van der Waals surface area contributed by atoms with Gasteiger partial charge in [0.15, 0.2) is 0 Å². The van der Waals surface area contributed by atoms with E-state index in [9.17, 15) is 14.3 Å². The maximum Gasteiger partial charge on any atom is 0.342 e. The minimum atomic E-state index is -0.397. The molecule has 0 radical (unpaired) electrons. The van der Waals surface area contributed by atoms with Crippen LogP contribution >= 0.6 is 8.58 Å². The van der Waals surface area contributed by atoms with Crippen molar-refractivity contribution >= 4 is 26.2 Å². The third-order valence-electron chi connectivity index (χ3n) is 3.89. The van der Waals surface area contributed by atoms with Crippen LogP contribution < -0.4 is 10.8 Å². The summed E-state index contributed by atoms with van der Waals surface area (Å²) in [5.74, 6) is -0.802. The van der Waals surface area contributed by atoms with Crippen molar-refractivity contribution in [2.75, 3.05) is 6.61 Å². The Morgan fingerprint density at radius 1 is 1.56 bits per heavy atom. The highest BCUT2D eigenvalue weighted by Gasteiger charge is 2.24. The van der Waals surface area contributed by atoms with Crippen molar-refractivity contribution < 1.29 is 19.0 Å². The van der Waals surface area contributed by atoms with Gasteiger partial charge in [-0.2, -0.15) is 5.10 Å². The molecule has 0 fully saturated rings. The van der Waals surface area contributed by atoms with E-state index in [1.807, 2.05) is 13.0 Å². The van der Waals surface area contributed by atoms with Gasteiger partial charge in [0.05, 0.1) is 24.0 Å². The minimum Gasteiger partial charge on any atom is -0.508 e. The van der Waals surface area contributed by atoms with Gasteiger partial charge in [-0.15, -0.1) is 0 Å². The van der Waals surface area contributed by atoms with Gasteiger partial charge in [0.2, 0.25) is 0 Å². The molecule has 1 aliphatic heterocycles. The maximum absolute atomic E-state index is 13.4. The predicted octanol–water partition coefficient (Wildman–Crippen LogP) is 2.37. The number of fused-ring (bicyclic) bond motifs is 1. The van der Waals surface area contributed by atoms with Crippen LogP contribution in [0.4, 0.5) is 4.39 Å². The van der Waals surface area contributed by atoms with Crippen molar-refractivity contribution in [1.29, 1.82) is 0 Å². The second-order valence-electron chi connectivity index (χ2n) is 5.63. The fraction of sp³-hybridized carbons (Fsp3) is 0.294. The molecule has 1 aromatic heterocycles. The molecule has 0 saturated heterocycles. The number of halogens is 1. The number of phenolic OH excluding ortho intramolecular Hbond substituents is 1. The third kappa shape index (κ3) is 3.72. The molecule has 2 heterocycles. The Morgan fingerprint density at radius 2 is 2.36 bits per heavy atom. The Balaban J connectivity index is 1.75. The molecule has 2 N–H and O–H groups in total. The van der Waals surface area contributed by atoms with Gasteiger partial charge < -0.3 is 9.84 Å². The zero-order valence-corrected chi connectivity index (χ0v) is 14.9. The van der Waals surface area contributed by atoms with Crippen LogP contribution in [-0.4, -0.2) is 33.2 Å². The van der Waals surface area contributed by atoms with E-state index in [0.29, 0.717) is 17.7 Å². The molecular weight excluding hydrogens is 344 g/mol. The van der Waals surface area contributed by atoms with E-state index in [0.717, 1.165) is 5.44 Å². The van der Waals surface area contributed by atoms with Crippen LogP contribution in [0.25, 0.3) is 6.20 Å². The van der Waals surface area contributed by atoms with E-state index >= 15 is 0 Å². The average Bonchev–Trinajstić information content (AvgIpc) is 3.00. The summed E-state index contributed by atoms with van der Waals surface area (Å²) in [5, 5.41) is 17.5. The molecule has 1 aromatic carbocycles. The topological polar surface area (TPSA) is 76.4 Å². The number of ether oxygens (including phenoxy) is 1. The molecule has 0 amide bonds. The van der Waals surface area contributed by atoms with Gasteiger partial charge in [-0.3, -0.25) is 5.32 Å². The fourth-order valence-electron chi connectivity index (χ4n) is 2.67. The van der Waals surface area contributed by atoms with E-state index in [1.54, 1.807) is 17.8 Å². The molecule has 6 nitrogen and oxygen atoms in total. The first kappa shape index (κ1) is 17.6. The molecule has 0 spiro atoms.